The summed E-state index contributed by atoms with van der Waals surface area (Å²) in [4.78, 5) is 66.8. The molecule has 0 bridgehead atoms. The normalized spacial score (nSPS) is 16.3. The van der Waals surface area contributed by atoms with E-state index in [1.807, 2.05) is 61.5 Å². The van der Waals surface area contributed by atoms with E-state index in [9.17, 15) is 28.8 Å². The Bertz CT molecular complexity index is 1900. The Labute approximate surface area is 281 Å². The number of cyclic esters (lactones) is 6. The average Bonchev–Trinajstić information content (AvgIpc) is 3.78. The van der Waals surface area contributed by atoms with Gasteiger partial charge in [0.1, 0.15) is 11.5 Å². The summed E-state index contributed by atoms with van der Waals surface area (Å²) in [5.41, 5.74) is 5.04. The topological polar surface area (TPSA) is 139 Å². The number of hydrogen-bond acceptors (Lipinski definition) is 10. The minimum absolute atomic E-state index is 0.266. The molecule has 0 saturated heterocycles. The molecule has 4 aliphatic heterocycles. The van der Waals surface area contributed by atoms with Gasteiger partial charge in [-0.15, -0.1) is 0 Å². The molecule has 0 fully saturated rings. The van der Waals surface area contributed by atoms with Crippen molar-refractivity contribution in [3.63, 3.8) is 0 Å². The highest BCUT2D eigenvalue weighted by molar-refractivity contribution is 6.44. The zero-order valence-electron chi connectivity index (χ0n) is 26.8. The fourth-order valence-corrected chi connectivity index (χ4v) is 4.52. The minimum Gasteiger partial charge on any atom is -0.424 e. The van der Waals surface area contributed by atoms with Crippen molar-refractivity contribution in [2.45, 2.75) is 20.8 Å². The Kier molecular flexibility index (Phi) is 11.3. The van der Waals surface area contributed by atoms with Gasteiger partial charge in [-0.25, -0.2) is 28.8 Å². The van der Waals surface area contributed by atoms with Gasteiger partial charge in [0.25, 0.3) is 0 Å². The molecule has 0 atom stereocenters. The molecule has 10 nitrogen and oxygen atoms in total. The van der Waals surface area contributed by atoms with Crippen molar-refractivity contribution < 1.29 is 47.7 Å². The van der Waals surface area contributed by atoms with E-state index in [1.54, 1.807) is 50.2 Å². The van der Waals surface area contributed by atoms with Crippen LogP contribution in [0.2, 0.25) is 0 Å². The fraction of sp³-hybridized carbons (Fsp3) is 0.0769. The molecule has 3 aromatic carbocycles. The molecule has 0 aromatic heterocycles. The van der Waals surface area contributed by atoms with Crippen LogP contribution in [0.5, 0.6) is 0 Å². The molecule has 0 unspecified atom stereocenters. The highest BCUT2D eigenvalue weighted by Gasteiger charge is 2.34. The van der Waals surface area contributed by atoms with Crippen LogP contribution >= 0.6 is 0 Å². The second kappa shape index (κ2) is 15.7. The second-order valence-electron chi connectivity index (χ2n) is 10.5. The summed E-state index contributed by atoms with van der Waals surface area (Å²) in [5, 5.41) is 0. The molecule has 0 aliphatic carbocycles. The van der Waals surface area contributed by atoms with Gasteiger partial charge in [0.15, 0.2) is 0 Å². The maximum Gasteiger partial charge on any atom is 0.347 e. The molecule has 4 aliphatic rings. The first-order valence-corrected chi connectivity index (χ1v) is 14.7. The lowest BCUT2D eigenvalue weighted by molar-refractivity contribution is -0.151. The third-order valence-electron chi connectivity index (χ3n) is 7.24. The van der Waals surface area contributed by atoms with E-state index in [2.05, 4.69) is 27.4 Å². The predicted molar refractivity (Wildman–Crippen MR) is 179 cm³/mol. The Hall–Kier alpha value is -6.68. The van der Waals surface area contributed by atoms with Gasteiger partial charge < -0.3 is 18.9 Å². The van der Waals surface area contributed by atoms with Gasteiger partial charge in [0.05, 0.1) is 16.7 Å². The number of benzene rings is 3. The summed E-state index contributed by atoms with van der Waals surface area (Å²) in [7, 11) is 0. The maximum atomic E-state index is 11.9. The summed E-state index contributed by atoms with van der Waals surface area (Å²) >= 11 is 0. The number of esters is 6. The SMILES string of the molecule is C=C1C=CC(=O)O1.C=C1OC(=O)C(C)=C1C.CC1=C(c2ccccc2)C(=O)OC1=O.O=C1OC(=O)C(c2ccccc2)=C1c1ccccc1. The van der Waals surface area contributed by atoms with Gasteiger partial charge in [-0.2, -0.15) is 0 Å². The lowest BCUT2D eigenvalue weighted by atomic mass is 9.96. The molecule has 0 radical (unpaired) electrons. The molecule has 10 heteroatoms. The Balaban J connectivity index is 0.000000158. The van der Waals surface area contributed by atoms with Crippen LogP contribution in [0.1, 0.15) is 37.5 Å². The molecular weight excluding hydrogens is 628 g/mol. The average molecular weight is 659 g/mol. The van der Waals surface area contributed by atoms with Gasteiger partial charge in [-0.1, -0.05) is 104 Å². The quantitative estimate of drug-likeness (QED) is 0.181. The van der Waals surface area contributed by atoms with E-state index < -0.39 is 23.9 Å². The summed E-state index contributed by atoms with van der Waals surface area (Å²) in [6, 6.07) is 27.2. The number of rotatable bonds is 3. The molecule has 246 valence electrons. The molecule has 0 N–H and O–H groups in total. The summed E-state index contributed by atoms with van der Waals surface area (Å²) in [6.45, 7) is 12.1. The smallest absolute Gasteiger partial charge is 0.347 e. The number of carbonyl (C=O) groups excluding carboxylic acids is 6. The van der Waals surface area contributed by atoms with Crippen LogP contribution in [0.4, 0.5) is 0 Å². The third-order valence-corrected chi connectivity index (χ3v) is 7.24. The van der Waals surface area contributed by atoms with Gasteiger partial charge in [0, 0.05) is 22.8 Å². The number of ether oxygens (including phenoxy) is 4. The van der Waals surface area contributed by atoms with Crippen LogP contribution in [-0.4, -0.2) is 35.8 Å². The molecule has 49 heavy (non-hydrogen) atoms. The van der Waals surface area contributed by atoms with Crippen LogP contribution in [0.15, 0.2) is 145 Å². The van der Waals surface area contributed by atoms with E-state index in [4.69, 9.17) is 4.74 Å². The van der Waals surface area contributed by atoms with Crippen molar-refractivity contribution in [3.05, 3.63) is 161 Å². The molecule has 7 rings (SSSR count). The Morgan fingerprint density at radius 2 is 0.796 bits per heavy atom. The van der Waals surface area contributed by atoms with E-state index >= 15 is 0 Å². The molecule has 0 amide bonds. The Morgan fingerprint density at radius 3 is 1.06 bits per heavy atom. The molecule has 3 aromatic rings. The van der Waals surface area contributed by atoms with E-state index in [0.29, 0.717) is 50.5 Å². The van der Waals surface area contributed by atoms with Crippen molar-refractivity contribution >= 4 is 52.5 Å². The van der Waals surface area contributed by atoms with E-state index in [0.717, 1.165) is 11.1 Å². The maximum absolute atomic E-state index is 11.9. The first kappa shape index (κ1) is 35.2. The summed E-state index contributed by atoms with van der Waals surface area (Å²) in [5.74, 6) is -1.97. The second-order valence-corrected chi connectivity index (χ2v) is 10.5. The fourth-order valence-electron chi connectivity index (χ4n) is 4.52. The van der Waals surface area contributed by atoms with Crippen LogP contribution in [0.3, 0.4) is 0 Å². The zero-order valence-corrected chi connectivity index (χ0v) is 26.8. The van der Waals surface area contributed by atoms with Crippen molar-refractivity contribution in [1.29, 1.82) is 0 Å². The van der Waals surface area contributed by atoms with Crippen LogP contribution in [0.25, 0.3) is 16.7 Å². The first-order valence-electron chi connectivity index (χ1n) is 14.7. The highest BCUT2D eigenvalue weighted by Crippen LogP contribution is 2.33. The number of hydrogen-bond donors (Lipinski definition) is 0. The monoisotopic (exact) mass is 658 g/mol. The van der Waals surface area contributed by atoms with Crippen molar-refractivity contribution in [2.75, 3.05) is 0 Å². The Morgan fingerprint density at radius 1 is 0.408 bits per heavy atom. The molecule has 0 saturated carbocycles. The minimum atomic E-state index is -0.588. The van der Waals surface area contributed by atoms with Crippen molar-refractivity contribution in [1.82, 2.24) is 0 Å². The summed E-state index contributed by atoms with van der Waals surface area (Å²) in [6.07, 6.45) is 2.87. The van der Waals surface area contributed by atoms with Gasteiger partial charge >= 0.3 is 35.8 Å². The largest absolute Gasteiger partial charge is 0.424 e. The van der Waals surface area contributed by atoms with Gasteiger partial charge in [-0.3, -0.25) is 0 Å². The number of carbonyl (C=O) groups is 6. The molecule has 4 heterocycles. The van der Waals surface area contributed by atoms with Crippen molar-refractivity contribution in [3.8, 4) is 0 Å². The highest BCUT2D eigenvalue weighted by atomic mass is 16.6. The number of allylic oxidation sites excluding steroid dienone is 2. The predicted octanol–water partition coefficient (Wildman–Crippen LogP) is 6.23. The summed E-state index contributed by atoms with van der Waals surface area (Å²) < 4.78 is 18.3. The lowest BCUT2D eigenvalue weighted by Crippen LogP contribution is -2.01. The standard InChI is InChI=1S/C16H10O3.C11H8O3.C7H8O2.C5H4O2/c17-15-13(11-7-3-1-4-8-11)14(16(18)19-15)12-9-5-2-6-10-12;1-7-9(11(13)14-10(7)12)8-5-3-2-4-6-8;1-4-5(2)7(8)9-6(4)3;1-4-2-3-5(6)7-4/h1-10H;2-6H,1H3;3H2,1-2H3;2-3H,1H2. The van der Waals surface area contributed by atoms with Crippen LogP contribution < -0.4 is 0 Å². The van der Waals surface area contributed by atoms with Crippen LogP contribution in [-0.2, 0) is 47.7 Å². The first-order chi connectivity index (χ1) is 23.4. The lowest BCUT2D eigenvalue weighted by Gasteiger charge is -2.02. The van der Waals surface area contributed by atoms with Gasteiger partial charge in [-0.05, 0) is 43.5 Å². The molecule has 0 spiro atoms. The molecular formula is C39H30O10. The van der Waals surface area contributed by atoms with Gasteiger partial charge in [0.2, 0.25) is 0 Å². The van der Waals surface area contributed by atoms with E-state index in [-0.39, 0.29) is 11.9 Å². The third kappa shape index (κ3) is 8.57. The van der Waals surface area contributed by atoms with Crippen molar-refractivity contribution in [2.24, 2.45) is 0 Å². The van der Waals surface area contributed by atoms with E-state index in [1.165, 1.54) is 12.2 Å². The van der Waals surface area contributed by atoms with Crippen LogP contribution in [0, 0.1) is 0 Å². The zero-order chi connectivity index (χ0) is 35.7.